The monoisotopic (exact) mass is 395 g/mol. The third kappa shape index (κ3) is 17.1. The molecule has 1 rings (SSSR count). The average Bonchev–Trinajstić information content (AvgIpc) is 3.04. The zero-order chi connectivity index (χ0) is 16.3. The Morgan fingerprint density at radius 3 is 1.68 bits per heavy atom. The number of alkyl halides is 2. The summed E-state index contributed by atoms with van der Waals surface area (Å²) in [4.78, 5) is 2.64. The lowest BCUT2D eigenvalue weighted by molar-refractivity contribution is 0.327. The van der Waals surface area contributed by atoms with Crippen LogP contribution in [0.3, 0.4) is 0 Å². The molecule has 0 aromatic rings. The summed E-state index contributed by atoms with van der Waals surface area (Å²) in [5, 5.41) is 1.02. The van der Waals surface area contributed by atoms with Crippen LogP contribution in [0.5, 0.6) is 0 Å². The molecular formula is C19H39BrClN. The van der Waals surface area contributed by atoms with Gasteiger partial charge in [0.25, 0.3) is 0 Å². The Kier molecular flexibility index (Phi) is 20.4. The van der Waals surface area contributed by atoms with Gasteiger partial charge in [-0.25, -0.2) is 0 Å². The number of hydrogen-bond donors (Lipinski definition) is 0. The lowest BCUT2D eigenvalue weighted by Crippen LogP contribution is -2.20. The second-order valence-electron chi connectivity index (χ2n) is 6.46. The summed E-state index contributed by atoms with van der Waals surface area (Å²) in [6.45, 7) is 6.41. The third-order valence-electron chi connectivity index (χ3n) is 4.29. The molecule has 1 nitrogen and oxygen atoms in total. The maximum absolute atomic E-state index is 5.27. The van der Waals surface area contributed by atoms with E-state index in [2.05, 4.69) is 27.8 Å². The second kappa shape index (κ2) is 19.8. The van der Waals surface area contributed by atoms with Crippen LogP contribution in [0.25, 0.3) is 0 Å². The standard InChI is InChI=1S/C16H33N.C3H6BrCl/c1-2-3-4-5-6-7-8-9-10-11-14-17-15-12-13-16-17;4-2-1-3-5/h2-16H2,1H3;1-3H2. The zero-order valence-corrected chi connectivity index (χ0v) is 17.3. The van der Waals surface area contributed by atoms with Crippen LogP contribution in [-0.4, -0.2) is 35.7 Å². The summed E-state index contributed by atoms with van der Waals surface area (Å²) in [7, 11) is 0. The van der Waals surface area contributed by atoms with E-state index < -0.39 is 0 Å². The number of likely N-dealkylation sites (tertiary alicyclic amines) is 1. The fourth-order valence-electron chi connectivity index (χ4n) is 2.88. The molecule has 0 atom stereocenters. The predicted molar refractivity (Wildman–Crippen MR) is 107 cm³/mol. The Labute approximate surface area is 153 Å². The van der Waals surface area contributed by atoms with Gasteiger partial charge in [0, 0.05) is 11.2 Å². The fourth-order valence-corrected chi connectivity index (χ4v) is 3.62. The van der Waals surface area contributed by atoms with Gasteiger partial charge >= 0.3 is 0 Å². The van der Waals surface area contributed by atoms with Crippen molar-refractivity contribution in [1.29, 1.82) is 0 Å². The van der Waals surface area contributed by atoms with Crippen molar-refractivity contribution in [1.82, 2.24) is 4.90 Å². The Bertz CT molecular complexity index is 194. The molecule has 0 amide bonds. The van der Waals surface area contributed by atoms with E-state index in [1.165, 1.54) is 96.7 Å². The van der Waals surface area contributed by atoms with Gasteiger partial charge in [-0.05, 0) is 45.3 Å². The van der Waals surface area contributed by atoms with E-state index in [1.54, 1.807) is 0 Å². The molecule has 134 valence electrons. The minimum atomic E-state index is 0.769. The average molecular weight is 397 g/mol. The molecule has 0 radical (unpaired) electrons. The van der Waals surface area contributed by atoms with E-state index in [1.807, 2.05) is 0 Å². The summed E-state index contributed by atoms with van der Waals surface area (Å²) in [6.07, 6.45) is 18.5. The highest BCUT2D eigenvalue weighted by Gasteiger charge is 2.09. The maximum atomic E-state index is 5.27. The minimum absolute atomic E-state index is 0.769. The molecule has 0 N–H and O–H groups in total. The van der Waals surface area contributed by atoms with Crippen molar-refractivity contribution < 1.29 is 0 Å². The highest BCUT2D eigenvalue weighted by Crippen LogP contribution is 2.12. The van der Waals surface area contributed by atoms with Crippen molar-refractivity contribution in [2.45, 2.75) is 90.4 Å². The van der Waals surface area contributed by atoms with Crippen molar-refractivity contribution in [2.75, 3.05) is 30.8 Å². The van der Waals surface area contributed by atoms with E-state index in [0.29, 0.717) is 0 Å². The molecule has 0 unspecified atom stereocenters. The van der Waals surface area contributed by atoms with E-state index >= 15 is 0 Å². The number of rotatable bonds is 13. The normalized spacial score (nSPS) is 14.9. The lowest BCUT2D eigenvalue weighted by Gasteiger charge is -2.13. The minimum Gasteiger partial charge on any atom is -0.303 e. The van der Waals surface area contributed by atoms with Gasteiger partial charge in [0.05, 0.1) is 0 Å². The van der Waals surface area contributed by atoms with Crippen LogP contribution in [0.1, 0.15) is 90.4 Å². The second-order valence-corrected chi connectivity index (χ2v) is 7.63. The topological polar surface area (TPSA) is 3.24 Å². The summed E-state index contributed by atoms with van der Waals surface area (Å²) < 4.78 is 0. The van der Waals surface area contributed by atoms with Crippen molar-refractivity contribution in [3.63, 3.8) is 0 Å². The van der Waals surface area contributed by atoms with Crippen molar-refractivity contribution >= 4 is 27.5 Å². The van der Waals surface area contributed by atoms with Crippen LogP contribution >= 0.6 is 27.5 Å². The van der Waals surface area contributed by atoms with E-state index in [0.717, 1.165) is 17.6 Å². The van der Waals surface area contributed by atoms with Gasteiger partial charge in [0.1, 0.15) is 0 Å². The van der Waals surface area contributed by atoms with Crippen molar-refractivity contribution in [3.05, 3.63) is 0 Å². The summed E-state index contributed by atoms with van der Waals surface area (Å²) in [5.41, 5.74) is 0. The number of nitrogens with zero attached hydrogens (tertiary/aromatic N) is 1. The SMILES string of the molecule is CCCCCCCCCCCCN1CCCC1.ClCCCBr. The molecule has 0 saturated carbocycles. The van der Waals surface area contributed by atoms with Gasteiger partial charge in [0.2, 0.25) is 0 Å². The zero-order valence-electron chi connectivity index (χ0n) is 14.9. The van der Waals surface area contributed by atoms with Gasteiger partial charge in [-0.15, -0.1) is 11.6 Å². The molecule has 3 heteroatoms. The van der Waals surface area contributed by atoms with Gasteiger partial charge in [0.15, 0.2) is 0 Å². The van der Waals surface area contributed by atoms with E-state index in [9.17, 15) is 0 Å². The quantitative estimate of drug-likeness (QED) is 0.239. The first kappa shape index (κ1) is 22.7. The Hall–Kier alpha value is 0.730. The van der Waals surface area contributed by atoms with Crippen LogP contribution in [0.2, 0.25) is 0 Å². The third-order valence-corrected chi connectivity index (χ3v) is 5.12. The van der Waals surface area contributed by atoms with Crippen LogP contribution < -0.4 is 0 Å². The van der Waals surface area contributed by atoms with Gasteiger partial charge in [-0.1, -0.05) is 80.6 Å². The van der Waals surface area contributed by atoms with Gasteiger partial charge in [-0.2, -0.15) is 0 Å². The van der Waals surface area contributed by atoms with Gasteiger partial charge in [-0.3, -0.25) is 0 Å². The first-order valence-corrected chi connectivity index (χ1v) is 11.3. The highest BCUT2D eigenvalue weighted by atomic mass is 79.9. The first-order valence-electron chi connectivity index (χ1n) is 9.69. The molecule has 1 saturated heterocycles. The number of hydrogen-bond acceptors (Lipinski definition) is 1. The smallest absolute Gasteiger partial charge is 0.0231 e. The molecule has 0 bridgehead atoms. The molecular weight excluding hydrogens is 358 g/mol. The summed E-state index contributed by atoms with van der Waals surface area (Å²) >= 11 is 8.50. The summed E-state index contributed by atoms with van der Waals surface area (Å²) in [6, 6.07) is 0. The molecule has 0 spiro atoms. The van der Waals surface area contributed by atoms with Crippen LogP contribution in [0, 0.1) is 0 Å². The van der Waals surface area contributed by atoms with E-state index in [-0.39, 0.29) is 0 Å². The van der Waals surface area contributed by atoms with Crippen molar-refractivity contribution in [3.8, 4) is 0 Å². The Morgan fingerprint density at radius 1 is 0.773 bits per heavy atom. The largest absolute Gasteiger partial charge is 0.303 e. The molecule has 1 fully saturated rings. The highest BCUT2D eigenvalue weighted by molar-refractivity contribution is 9.09. The van der Waals surface area contributed by atoms with Gasteiger partial charge < -0.3 is 4.90 Å². The predicted octanol–water partition coefficient (Wildman–Crippen LogP) is 7.01. The molecule has 0 aromatic heterocycles. The molecule has 0 aromatic carbocycles. The Morgan fingerprint density at radius 2 is 1.27 bits per heavy atom. The molecule has 22 heavy (non-hydrogen) atoms. The van der Waals surface area contributed by atoms with Crippen LogP contribution in [0.4, 0.5) is 0 Å². The molecule has 1 aliphatic rings. The number of unbranched alkanes of at least 4 members (excludes halogenated alkanes) is 9. The number of halogens is 2. The van der Waals surface area contributed by atoms with Crippen LogP contribution in [-0.2, 0) is 0 Å². The lowest BCUT2D eigenvalue weighted by atomic mass is 10.1. The fraction of sp³-hybridized carbons (Fsp3) is 1.00. The molecule has 0 aliphatic carbocycles. The maximum Gasteiger partial charge on any atom is 0.0231 e. The summed E-state index contributed by atoms with van der Waals surface area (Å²) in [5.74, 6) is 0.769. The Balaban J connectivity index is 0.000000763. The first-order chi connectivity index (χ1) is 10.8. The van der Waals surface area contributed by atoms with Crippen molar-refractivity contribution in [2.24, 2.45) is 0 Å². The molecule has 1 heterocycles. The van der Waals surface area contributed by atoms with Crippen LogP contribution in [0.15, 0.2) is 0 Å². The molecule has 1 aliphatic heterocycles. The van der Waals surface area contributed by atoms with E-state index in [4.69, 9.17) is 11.6 Å².